The van der Waals surface area contributed by atoms with Crippen LogP contribution in [0.5, 0.6) is 5.75 Å². The predicted octanol–water partition coefficient (Wildman–Crippen LogP) is 5.57. The maximum atomic E-state index is 12.6. The molecule has 10 heteroatoms. The van der Waals surface area contributed by atoms with Crippen molar-refractivity contribution in [2.75, 3.05) is 5.32 Å². The number of anilines is 1. The number of amides is 1. The van der Waals surface area contributed by atoms with Gasteiger partial charge in [-0.1, -0.05) is 56.3 Å². The number of hydrogen-bond donors (Lipinski definition) is 3. The number of carboxylic acids is 1. The minimum absolute atomic E-state index is 0.0317. The number of ether oxygens (including phenoxy) is 1. The lowest BCUT2D eigenvalue weighted by Gasteiger charge is -2.18. The van der Waals surface area contributed by atoms with Gasteiger partial charge in [0.2, 0.25) is 10.0 Å². The molecule has 1 aromatic heterocycles. The number of sulfonamides is 1. The van der Waals surface area contributed by atoms with Crippen LogP contribution >= 0.6 is 11.3 Å². The van der Waals surface area contributed by atoms with E-state index in [2.05, 4.69) is 10.0 Å². The van der Waals surface area contributed by atoms with Gasteiger partial charge in [-0.25, -0.2) is 13.2 Å². The highest BCUT2D eigenvalue weighted by molar-refractivity contribution is 7.89. The Morgan fingerprint density at radius 3 is 2.14 bits per heavy atom. The molecule has 1 atom stereocenters. The lowest BCUT2D eigenvalue weighted by Crippen LogP contribution is -2.44. The molecule has 8 nitrogen and oxygen atoms in total. The molecule has 0 radical (unpaired) electrons. The lowest BCUT2D eigenvalue weighted by atomic mass is 10.1. The van der Waals surface area contributed by atoms with Gasteiger partial charge in [-0.15, -0.1) is 11.3 Å². The van der Waals surface area contributed by atoms with Crippen molar-refractivity contribution in [3.05, 3.63) is 78.2 Å². The third-order valence-electron chi connectivity index (χ3n) is 5.50. The maximum absolute atomic E-state index is 12.6. The van der Waals surface area contributed by atoms with E-state index in [-0.39, 0.29) is 4.90 Å². The number of carbonyl (C=O) groups excluding carboxylic acids is 1. The average molecular weight is 525 g/mol. The fourth-order valence-corrected chi connectivity index (χ4v) is 5.80. The molecule has 4 rings (SSSR count). The Bertz CT molecular complexity index is 1490. The Morgan fingerprint density at radius 1 is 0.917 bits per heavy atom. The third-order valence-corrected chi connectivity index (χ3v) is 7.92. The summed E-state index contributed by atoms with van der Waals surface area (Å²) in [7, 11) is -4.00. The molecule has 0 unspecified atom stereocenters. The summed E-state index contributed by atoms with van der Waals surface area (Å²) in [6, 6.07) is 19.4. The standard InChI is InChI=1S/C26H24N2O6S2/c1-16(2)24(25(29)30)28-36(32,33)20-13-9-18(10-14-20)17-7-11-19(12-8-17)34-26(31)27-22-15-35-23-6-4-3-5-21(22)23/h3-16,24,28H,1-2H3,(H,27,31)(H,29,30)/t24-/m1/s1. The van der Waals surface area contributed by atoms with Crippen LogP contribution in [0.4, 0.5) is 10.5 Å². The van der Waals surface area contributed by atoms with E-state index in [0.29, 0.717) is 11.4 Å². The first-order chi connectivity index (χ1) is 17.1. The van der Waals surface area contributed by atoms with Crippen LogP contribution in [-0.4, -0.2) is 31.6 Å². The van der Waals surface area contributed by atoms with Crippen LogP contribution in [0.1, 0.15) is 13.8 Å². The third kappa shape index (κ3) is 5.73. The Labute approximate surface area is 212 Å². The first kappa shape index (κ1) is 25.4. The van der Waals surface area contributed by atoms with Crippen LogP contribution in [0.3, 0.4) is 0 Å². The van der Waals surface area contributed by atoms with Crippen molar-refractivity contribution in [3.63, 3.8) is 0 Å². The van der Waals surface area contributed by atoms with Crippen LogP contribution < -0.4 is 14.8 Å². The molecule has 1 heterocycles. The smallest absolute Gasteiger partial charge is 0.417 e. The first-order valence-corrected chi connectivity index (χ1v) is 13.4. The van der Waals surface area contributed by atoms with Crippen molar-refractivity contribution in [2.45, 2.75) is 24.8 Å². The van der Waals surface area contributed by atoms with E-state index in [4.69, 9.17) is 4.74 Å². The monoisotopic (exact) mass is 524 g/mol. The highest BCUT2D eigenvalue weighted by Crippen LogP contribution is 2.30. The van der Waals surface area contributed by atoms with Crippen LogP contribution in [0.2, 0.25) is 0 Å². The highest BCUT2D eigenvalue weighted by Gasteiger charge is 2.28. The van der Waals surface area contributed by atoms with Crippen molar-refractivity contribution >= 4 is 49.2 Å². The Kier molecular flexibility index (Phi) is 7.39. The van der Waals surface area contributed by atoms with Crippen molar-refractivity contribution in [3.8, 4) is 16.9 Å². The first-order valence-electron chi connectivity index (χ1n) is 11.0. The van der Waals surface area contributed by atoms with E-state index in [0.717, 1.165) is 21.2 Å². The van der Waals surface area contributed by atoms with Crippen molar-refractivity contribution < 1.29 is 27.9 Å². The summed E-state index contributed by atoms with van der Waals surface area (Å²) < 4.78 is 33.9. The molecule has 4 aromatic rings. The quantitative estimate of drug-likeness (QED) is 0.277. The zero-order chi connectivity index (χ0) is 25.9. The van der Waals surface area contributed by atoms with Gasteiger partial charge in [0.05, 0.1) is 10.6 Å². The number of fused-ring (bicyclic) bond motifs is 1. The minimum atomic E-state index is -4.00. The van der Waals surface area contributed by atoms with E-state index in [9.17, 15) is 23.1 Å². The van der Waals surface area contributed by atoms with Gasteiger partial charge in [0, 0.05) is 15.5 Å². The Balaban J connectivity index is 1.41. The molecule has 0 aliphatic heterocycles. The summed E-state index contributed by atoms with van der Waals surface area (Å²) in [5, 5.41) is 14.8. The number of carbonyl (C=O) groups is 2. The number of carboxylic acid groups (broad SMARTS) is 1. The van der Waals surface area contributed by atoms with E-state index in [1.807, 2.05) is 29.6 Å². The molecule has 186 valence electrons. The molecule has 3 N–H and O–H groups in total. The average Bonchev–Trinajstić information content (AvgIpc) is 3.25. The van der Waals surface area contributed by atoms with Crippen molar-refractivity contribution in [2.24, 2.45) is 5.92 Å². The molecule has 3 aromatic carbocycles. The Morgan fingerprint density at radius 2 is 1.53 bits per heavy atom. The Hall–Kier alpha value is -3.73. The second-order valence-electron chi connectivity index (χ2n) is 8.39. The SMILES string of the molecule is CC(C)[C@@H](NS(=O)(=O)c1ccc(-c2ccc(OC(=O)Nc3csc4ccccc34)cc2)cc1)C(=O)O. The van der Waals surface area contributed by atoms with Gasteiger partial charge in [0.25, 0.3) is 0 Å². The largest absolute Gasteiger partial charge is 0.480 e. The summed E-state index contributed by atoms with van der Waals surface area (Å²) in [4.78, 5) is 23.7. The van der Waals surface area contributed by atoms with Gasteiger partial charge in [0.15, 0.2) is 0 Å². The summed E-state index contributed by atoms with van der Waals surface area (Å²) >= 11 is 1.53. The van der Waals surface area contributed by atoms with Gasteiger partial charge in [-0.05, 0) is 47.4 Å². The number of aliphatic carboxylic acids is 1. The van der Waals surface area contributed by atoms with Crippen molar-refractivity contribution in [1.29, 1.82) is 0 Å². The number of nitrogens with one attached hydrogen (secondary N) is 2. The molecule has 0 aliphatic rings. The normalized spacial score (nSPS) is 12.4. The van der Waals surface area contributed by atoms with Gasteiger partial charge in [0.1, 0.15) is 11.8 Å². The predicted molar refractivity (Wildman–Crippen MR) is 140 cm³/mol. The maximum Gasteiger partial charge on any atom is 0.417 e. The van der Waals surface area contributed by atoms with E-state index in [1.54, 1.807) is 50.2 Å². The van der Waals surface area contributed by atoms with Crippen molar-refractivity contribution in [1.82, 2.24) is 4.72 Å². The second kappa shape index (κ2) is 10.5. The molecular formula is C26H24N2O6S2. The number of rotatable bonds is 8. The van der Waals surface area contributed by atoms with Gasteiger partial charge in [-0.2, -0.15) is 4.72 Å². The van der Waals surface area contributed by atoms with E-state index >= 15 is 0 Å². The molecular weight excluding hydrogens is 500 g/mol. The number of thiophene rings is 1. The topological polar surface area (TPSA) is 122 Å². The minimum Gasteiger partial charge on any atom is -0.480 e. The molecule has 0 aliphatic carbocycles. The second-order valence-corrected chi connectivity index (χ2v) is 11.0. The molecule has 0 fully saturated rings. The summed E-state index contributed by atoms with van der Waals surface area (Å²) in [5.41, 5.74) is 2.22. The van der Waals surface area contributed by atoms with Gasteiger partial charge in [-0.3, -0.25) is 10.1 Å². The molecule has 0 saturated heterocycles. The van der Waals surface area contributed by atoms with Gasteiger partial charge >= 0.3 is 12.1 Å². The van der Waals surface area contributed by atoms with Crippen LogP contribution in [0, 0.1) is 5.92 Å². The lowest BCUT2D eigenvalue weighted by molar-refractivity contribution is -0.140. The van der Waals surface area contributed by atoms with Crippen LogP contribution in [0.15, 0.2) is 83.1 Å². The number of hydrogen-bond acceptors (Lipinski definition) is 6. The summed E-state index contributed by atoms with van der Waals surface area (Å²) in [6.07, 6.45) is -0.602. The zero-order valence-corrected chi connectivity index (χ0v) is 21.1. The zero-order valence-electron chi connectivity index (χ0n) is 19.5. The van der Waals surface area contributed by atoms with E-state index < -0.39 is 34.0 Å². The molecule has 0 bridgehead atoms. The molecule has 1 amide bonds. The van der Waals surface area contributed by atoms with E-state index in [1.165, 1.54) is 23.5 Å². The fourth-order valence-electron chi connectivity index (χ4n) is 3.57. The van der Waals surface area contributed by atoms with Crippen LogP contribution in [0.25, 0.3) is 21.2 Å². The highest BCUT2D eigenvalue weighted by atomic mass is 32.2. The van der Waals surface area contributed by atoms with Crippen LogP contribution in [-0.2, 0) is 14.8 Å². The molecule has 0 saturated carbocycles. The summed E-state index contributed by atoms with van der Waals surface area (Å²) in [5.74, 6) is -1.29. The number of benzene rings is 3. The fraction of sp³-hybridized carbons (Fsp3) is 0.154. The molecule has 0 spiro atoms. The van der Waals surface area contributed by atoms with Gasteiger partial charge < -0.3 is 9.84 Å². The summed E-state index contributed by atoms with van der Waals surface area (Å²) in [6.45, 7) is 3.26. The molecule has 36 heavy (non-hydrogen) atoms.